The lowest BCUT2D eigenvalue weighted by atomic mass is 10.2. The minimum Gasteiger partial charge on any atom is -0.476 e. The Morgan fingerprint density at radius 3 is 2.60 bits per heavy atom. The summed E-state index contributed by atoms with van der Waals surface area (Å²) in [5.74, 6) is -1.91. The Hall–Kier alpha value is -5.03. The molecule has 252 valence electrons. The highest BCUT2D eigenvalue weighted by Crippen LogP contribution is 2.36. The maximum absolute atomic E-state index is 14.2. The van der Waals surface area contributed by atoms with Gasteiger partial charge in [0.2, 0.25) is 22.7 Å². The molecule has 0 bridgehead atoms. The first-order valence-corrected chi connectivity index (χ1v) is 16.5. The molecule has 14 nitrogen and oxygen atoms in total. The van der Waals surface area contributed by atoms with E-state index in [0.717, 1.165) is 23.8 Å². The van der Waals surface area contributed by atoms with E-state index in [-0.39, 0.29) is 58.1 Å². The van der Waals surface area contributed by atoms with Gasteiger partial charge >= 0.3 is 5.97 Å². The predicted molar refractivity (Wildman–Crippen MR) is 169 cm³/mol. The summed E-state index contributed by atoms with van der Waals surface area (Å²) in [6.07, 6.45) is 0.517. The molecule has 0 aliphatic carbocycles. The molecule has 2 aliphatic heterocycles. The zero-order valence-corrected chi connectivity index (χ0v) is 26.6. The van der Waals surface area contributed by atoms with Gasteiger partial charge < -0.3 is 29.4 Å². The maximum atomic E-state index is 14.2. The highest BCUT2D eigenvalue weighted by Gasteiger charge is 2.27. The van der Waals surface area contributed by atoms with Crippen LogP contribution < -0.4 is 24.2 Å². The highest BCUT2D eigenvalue weighted by atomic mass is 32.2. The minimum atomic E-state index is -4.26. The summed E-state index contributed by atoms with van der Waals surface area (Å²) < 4.78 is 67.6. The minimum absolute atomic E-state index is 0.0358. The molecular formula is C32H32FN5O9S. The number of anilines is 1. The number of benzene rings is 3. The number of sulfonamides is 1. The molecule has 0 atom stereocenters. The molecule has 3 N–H and O–H groups in total. The molecule has 1 saturated heterocycles. The van der Waals surface area contributed by atoms with Crippen LogP contribution >= 0.6 is 0 Å². The molecule has 1 amide bonds. The van der Waals surface area contributed by atoms with Crippen molar-refractivity contribution in [3.8, 4) is 28.8 Å². The van der Waals surface area contributed by atoms with Crippen molar-refractivity contribution in [3.05, 3.63) is 83.3 Å². The largest absolute Gasteiger partial charge is 0.476 e. The number of hydrogen-bond donors (Lipinski definition) is 3. The number of ether oxygens (including phenoxy) is 4. The van der Waals surface area contributed by atoms with Gasteiger partial charge in [-0.3, -0.25) is 9.69 Å². The first-order valence-electron chi connectivity index (χ1n) is 15.0. The van der Waals surface area contributed by atoms with Gasteiger partial charge in [0.25, 0.3) is 5.91 Å². The molecule has 3 heterocycles. The number of carboxylic acid groups (broad SMARTS) is 1. The lowest BCUT2D eigenvalue weighted by Crippen LogP contribution is -2.38. The van der Waals surface area contributed by atoms with Crippen LogP contribution in [0, 0.1) is 12.7 Å². The zero-order chi connectivity index (χ0) is 33.8. The summed E-state index contributed by atoms with van der Waals surface area (Å²) in [6, 6.07) is 13.9. The van der Waals surface area contributed by atoms with E-state index in [1.807, 2.05) is 0 Å². The van der Waals surface area contributed by atoms with Crippen LogP contribution in [0.1, 0.15) is 32.8 Å². The second-order valence-corrected chi connectivity index (χ2v) is 12.7. The third kappa shape index (κ3) is 7.26. The molecular weight excluding hydrogens is 649 g/mol. The first kappa shape index (κ1) is 32.9. The van der Waals surface area contributed by atoms with Gasteiger partial charge in [-0.25, -0.2) is 22.3 Å². The molecule has 0 saturated carbocycles. The van der Waals surface area contributed by atoms with Crippen LogP contribution in [0.4, 0.5) is 10.1 Å². The molecule has 0 unspecified atom stereocenters. The van der Waals surface area contributed by atoms with E-state index in [1.165, 1.54) is 49.4 Å². The zero-order valence-electron chi connectivity index (χ0n) is 25.8. The van der Waals surface area contributed by atoms with Crippen molar-refractivity contribution in [2.24, 2.45) is 0 Å². The number of carboxylic acids is 1. The van der Waals surface area contributed by atoms with Crippen LogP contribution in [-0.2, 0) is 14.8 Å². The standard InChI is InChI=1S/C32H32FN5O9S/c1-20-29(32(40)41)36-38(24-5-2-4-22(33)17-24)31(20)47-26-9-7-23(35-30(39)21-6-8-25-27(16-21)46-19-45-25)18-28(26)48(42,43)34-10-3-11-37-12-14-44-15-13-37/h2,4-9,16-18,34H,3,10-15,19H2,1H3,(H,35,39)(H,40,41). The fourth-order valence-electron chi connectivity index (χ4n) is 5.22. The SMILES string of the molecule is Cc1c(C(=O)O)nn(-c2cccc(F)c2)c1Oc1ccc(NC(=O)c2ccc3c(c2)OCO3)cc1S(=O)(=O)NCCCN1CCOCC1. The van der Waals surface area contributed by atoms with Crippen LogP contribution in [0.15, 0.2) is 65.6 Å². The van der Waals surface area contributed by atoms with Crippen LogP contribution in [0.5, 0.6) is 23.1 Å². The molecule has 0 radical (unpaired) electrons. The number of nitrogens with one attached hydrogen (secondary N) is 2. The lowest BCUT2D eigenvalue weighted by Gasteiger charge is -2.26. The molecule has 2 aliphatic rings. The van der Waals surface area contributed by atoms with E-state index >= 15 is 0 Å². The number of hydrogen-bond acceptors (Lipinski definition) is 10. The molecule has 0 spiro atoms. The number of aromatic nitrogens is 2. The van der Waals surface area contributed by atoms with Crippen molar-refractivity contribution < 1.29 is 46.5 Å². The monoisotopic (exact) mass is 681 g/mol. The van der Waals surface area contributed by atoms with Gasteiger partial charge in [-0.15, -0.1) is 0 Å². The summed E-state index contributed by atoms with van der Waals surface area (Å²) >= 11 is 0. The van der Waals surface area contributed by atoms with Crippen molar-refractivity contribution in [2.45, 2.75) is 18.2 Å². The molecule has 4 aromatic rings. The van der Waals surface area contributed by atoms with Crippen LogP contribution in [0.2, 0.25) is 0 Å². The van der Waals surface area contributed by atoms with E-state index < -0.39 is 27.7 Å². The quantitative estimate of drug-likeness (QED) is 0.186. The fourth-order valence-corrected chi connectivity index (χ4v) is 6.45. The second kappa shape index (κ2) is 14.0. The third-order valence-electron chi connectivity index (χ3n) is 7.70. The molecule has 16 heteroatoms. The van der Waals surface area contributed by atoms with E-state index in [1.54, 1.807) is 12.1 Å². The fraction of sp³-hybridized carbons (Fsp3) is 0.281. The maximum Gasteiger partial charge on any atom is 0.356 e. The summed E-state index contributed by atoms with van der Waals surface area (Å²) in [5, 5.41) is 16.6. The molecule has 3 aromatic carbocycles. The Morgan fingerprint density at radius 1 is 1.04 bits per heavy atom. The molecule has 1 aromatic heterocycles. The number of aromatic carboxylic acids is 1. The van der Waals surface area contributed by atoms with Crippen molar-refractivity contribution in [2.75, 3.05) is 51.5 Å². The number of fused-ring (bicyclic) bond motifs is 1. The number of rotatable bonds is 12. The Balaban J connectivity index is 1.32. The second-order valence-electron chi connectivity index (χ2n) is 11.0. The van der Waals surface area contributed by atoms with Crippen molar-refractivity contribution >= 4 is 27.6 Å². The number of halogens is 1. The average Bonchev–Trinajstić information content (AvgIpc) is 3.68. The van der Waals surface area contributed by atoms with Crippen molar-refractivity contribution in [1.29, 1.82) is 0 Å². The smallest absolute Gasteiger partial charge is 0.356 e. The van der Waals surface area contributed by atoms with Gasteiger partial charge in [0.05, 0.1) is 18.9 Å². The van der Waals surface area contributed by atoms with Gasteiger partial charge in [-0.1, -0.05) is 6.07 Å². The van der Waals surface area contributed by atoms with E-state index in [0.29, 0.717) is 37.7 Å². The Morgan fingerprint density at radius 2 is 1.83 bits per heavy atom. The van der Waals surface area contributed by atoms with E-state index in [2.05, 4.69) is 20.0 Å². The summed E-state index contributed by atoms with van der Waals surface area (Å²) in [7, 11) is -4.26. The third-order valence-corrected chi connectivity index (χ3v) is 9.19. The number of morpholine rings is 1. The number of carbonyl (C=O) groups is 2. The van der Waals surface area contributed by atoms with E-state index in [9.17, 15) is 27.5 Å². The normalized spacial score (nSPS) is 14.5. The van der Waals surface area contributed by atoms with Crippen molar-refractivity contribution in [3.63, 3.8) is 0 Å². The number of amides is 1. The van der Waals surface area contributed by atoms with Gasteiger partial charge in [0.15, 0.2) is 17.2 Å². The van der Waals surface area contributed by atoms with Crippen LogP contribution in [0.25, 0.3) is 5.69 Å². The summed E-state index contributed by atoms with van der Waals surface area (Å²) in [6.45, 7) is 4.99. The summed E-state index contributed by atoms with van der Waals surface area (Å²) in [4.78, 5) is 27.0. The van der Waals surface area contributed by atoms with Crippen LogP contribution in [0.3, 0.4) is 0 Å². The Labute approximate surface area is 275 Å². The van der Waals surface area contributed by atoms with Gasteiger partial charge in [-0.05, 0) is 74.5 Å². The highest BCUT2D eigenvalue weighted by molar-refractivity contribution is 7.89. The molecule has 1 fully saturated rings. The average molecular weight is 682 g/mol. The lowest BCUT2D eigenvalue weighted by molar-refractivity contribution is 0.0376. The first-order chi connectivity index (χ1) is 23.1. The van der Waals surface area contributed by atoms with Gasteiger partial charge in [-0.2, -0.15) is 9.78 Å². The topological polar surface area (TPSA) is 171 Å². The number of carbonyl (C=O) groups excluding carboxylic acids is 1. The van der Waals surface area contributed by atoms with Gasteiger partial charge in [0.1, 0.15) is 16.5 Å². The molecule has 48 heavy (non-hydrogen) atoms. The summed E-state index contributed by atoms with van der Waals surface area (Å²) in [5.41, 5.74) is 0.251. The van der Waals surface area contributed by atoms with E-state index in [4.69, 9.17) is 18.9 Å². The number of nitrogens with zero attached hydrogens (tertiary/aromatic N) is 3. The predicted octanol–water partition coefficient (Wildman–Crippen LogP) is 3.79. The molecule has 6 rings (SSSR count). The Kier molecular flexibility index (Phi) is 9.58. The van der Waals surface area contributed by atoms with Crippen molar-refractivity contribution in [1.82, 2.24) is 19.4 Å². The van der Waals surface area contributed by atoms with Crippen LogP contribution in [-0.4, -0.2) is 86.3 Å². The van der Waals surface area contributed by atoms with Gasteiger partial charge in [0, 0.05) is 36.4 Å². The Bertz CT molecular complexity index is 1960.